The molecule has 0 aliphatic carbocycles. The summed E-state index contributed by atoms with van der Waals surface area (Å²) in [5.74, 6) is 0.488. The Hall–Kier alpha value is -0.860. The molecule has 2 aliphatic heterocycles. The first-order chi connectivity index (χ1) is 10.3. The SMILES string of the molecule is C[C@@H]1CN(CCNC(=O)NC[C@@H]2CCS(=O)(=O)C2)C[C@@H](C)O1. The molecule has 0 spiro atoms. The van der Waals surface area contributed by atoms with Gasteiger partial charge in [0, 0.05) is 32.7 Å². The van der Waals surface area contributed by atoms with Crippen LogP contribution in [0.3, 0.4) is 0 Å². The first-order valence-electron chi connectivity index (χ1n) is 7.94. The maximum atomic E-state index is 11.7. The summed E-state index contributed by atoms with van der Waals surface area (Å²) in [6.45, 7) is 7.67. The van der Waals surface area contributed by atoms with Gasteiger partial charge in [0.2, 0.25) is 0 Å². The number of ether oxygens (including phenoxy) is 1. The van der Waals surface area contributed by atoms with Crippen molar-refractivity contribution in [1.29, 1.82) is 0 Å². The molecule has 8 heteroatoms. The molecule has 2 heterocycles. The zero-order valence-corrected chi connectivity index (χ0v) is 14.2. The van der Waals surface area contributed by atoms with E-state index < -0.39 is 9.84 Å². The Balaban J connectivity index is 1.58. The Kier molecular flexibility index (Phi) is 6.05. The number of hydrogen-bond donors (Lipinski definition) is 2. The molecule has 2 rings (SSSR count). The van der Waals surface area contributed by atoms with Gasteiger partial charge in [0.15, 0.2) is 9.84 Å². The number of sulfone groups is 1. The van der Waals surface area contributed by atoms with Gasteiger partial charge in [-0.3, -0.25) is 4.90 Å². The van der Waals surface area contributed by atoms with E-state index in [4.69, 9.17) is 4.74 Å². The van der Waals surface area contributed by atoms with Gasteiger partial charge < -0.3 is 15.4 Å². The Morgan fingerprint density at radius 1 is 1.23 bits per heavy atom. The van der Waals surface area contributed by atoms with Crippen LogP contribution in [0.25, 0.3) is 0 Å². The summed E-state index contributed by atoms with van der Waals surface area (Å²) in [6, 6.07) is -0.223. The second kappa shape index (κ2) is 7.61. The standard InChI is InChI=1S/C14H27N3O4S/c1-11-8-17(9-12(2)21-11)5-4-15-14(18)16-7-13-3-6-22(19,20)10-13/h11-13H,3-10H2,1-2H3,(H2,15,16,18)/t11-,12-,13+/m1/s1. The van der Waals surface area contributed by atoms with Crippen molar-refractivity contribution in [3.63, 3.8) is 0 Å². The third-order valence-electron chi connectivity index (χ3n) is 4.09. The van der Waals surface area contributed by atoms with Gasteiger partial charge in [-0.25, -0.2) is 13.2 Å². The van der Waals surface area contributed by atoms with Crippen molar-refractivity contribution in [2.45, 2.75) is 32.5 Å². The van der Waals surface area contributed by atoms with Crippen LogP contribution in [0.1, 0.15) is 20.3 Å². The molecule has 2 amide bonds. The summed E-state index contributed by atoms with van der Waals surface area (Å²) >= 11 is 0. The largest absolute Gasteiger partial charge is 0.373 e. The molecule has 0 bridgehead atoms. The Bertz CT molecular complexity index is 472. The van der Waals surface area contributed by atoms with E-state index in [-0.39, 0.29) is 35.7 Å². The lowest BCUT2D eigenvalue weighted by Gasteiger charge is -2.35. The number of carbonyl (C=O) groups is 1. The van der Waals surface area contributed by atoms with Crippen LogP contribution < -0.4 is 10.6 Å². The highest BCUT2D eigenvalue weighted by atomic mass is 32.2. The fourth-order valence-electron chi connectivity index (χ4n) is 3.13. The summed E-state index contributed by atoms with van der Waals surface area (Å²) in [5.41, 5.74) is 0. The third-order valence-corrected chi connectivity index (χ3v) is 5.92. The van der Waals surface area contributed by atoms with Gasteiger partial charge in [-0.05, 0) is 26.2 Å². The predicted molar refractivity (Wildman–Crippen MR) is 84.6 cm³/mol. The molecular formula is C14H27N3O4S. The van der Waals surface area contributed by atoms with E-state index in [0.29, 0.717) is 19.5 Å². The minimum absolute atomic E-state index is 0.0525. The quantitative estimate of drug-likeness (QED) is 0.729. The smallest absolute Gasteiger partial charge is 0.314 e. The van der Waals surface area contributed by atoms with E-state index in [1.165, 1.54) is 0 Å². The number of morpholine rings is 1. The van der Waals surface area contributed by atoms with Crippen LogP contribution >= 0.6 is 0 Å². The molecule has 2 N–H and O–H groups in total. The molecule has 2 aliphatic rings. The zero-order chi connectivity index (χ0) is 16.2. The molecule has 128 valence electrons. The second-order valence-corrected chi connectivity index (χ2v) is 8.65. The van der Waals surface area contributed by atoms with E-state index in [1.807, 2.05) is 0 Å². The molecule has 7 nitrogen and oxygen atoms in total. The summed E-state index contributed by atoms with van der Waals surface area (Å²) in [6.07, 6.45) is 1.09. The maximum absolute atomic E-state index is 11.7. The molecule has 0 aromatic carbocycles. The minimum atomic E-state index is -2.88. The molecule has 0 unspecified atom stereocenters. The highest BCUT2D eigenvalue weighted by Crippen LogP contribution is 2.17. The molecule has 2 fully saturated rings. The molecule has 3 atom stereocenters. The van der Waals surface area contributed by atoms with E-state index in [2.05, 4.69) is 29.4 Å². The fourth-order valence-corrected chi connectivity index (χ4v) is 4.99. The highest BCUT2D eigenvalue weighted by molar-refractivity contribution is 7.91. The molecular weight excluding hydrogens is 306 g/mol. The average Bonchev–Trinajstić information content (AvgIpc) is 2.75. The van der Waals surface area contributed by atoms with Gasteiger partial charge in [0.05, 0.1) is 23.7 Å². The molecule has 2 saturated heterocycles. The fraction of sp³-hybridized carbons (Fsp3) is 0.929. The van der Waals surface area contributed by atoms with Crippen molar-refractivity contribution in [2.75, 3.05) is 44.2 Å². The van der Waals surface area contributed by atoms with E-state index in [9.17, 15) is 13.2 Å². The first-order valence-corrected chi connectivity index (χ1v) is 9.76. The Morgan fingerprint density at radius 3 is 2.50 bits per heavy atom. The number of rotatable bonds is 5. The number of urea groups is 1. The average molecular weight is 333 g/mol. The number of amides is 2. The number of carbonyl (C=O) groups excluding carboxylic acids is 1. The van der Waals surface area contributed by atoms with Gasteiger partial charge in [0.25, 0.3) is 0 Å². The van der Waals surface area contributed by atoms with Gasteiger partial charge in [0.1, 0.15) is 0 Å². The summed E-state index contributed by atoms with van der Waals surface area (Å²) < 4.78 is 28.3. The van der Waals surface area contributed by atoms with Crippen molar-refractivity contribution in [3.8, 4) is 0 Å². The highest BCUT2D eigenvalue weighted by Gasteiger charge is 2.28. The van der Waals surface area contributed by atoms with Crippen molar-refractivity contribution in [1.82, 2.24) is 15.5 Å². The number of nitrogens with one attached hydrogen (secondary N) is 2. The summed E-state index contributed by atoms with van der Waals surface area (Å²) in [4.78, 5) is 14.0. The third kappa shape index (κ3) is 5.73. The van der Waals surface area contributed by atoms with E-state index in [0.717, 1.165) is 19.6 Å². The van der Waals surface area contributed by atoms with Crippen LogP contribution in [0.15, 0.2) is 0 Å². The topological polar surface area (TPSA) is 87.7 Å². The van der Waals surface area contributed by atoms with E-state index >= 15 is 0 Å². The predicted octanol–water partition coefficient (Wildman–Crippen LogP) is -0.170. The molecule has 0 aromatic heterocycles. The lowest BCUT2D eigenvalue weighted by Crippen LogP contribution is -2.48. The maximum Gasteiger partial charge on any atom is 0.314 e. The van der Waals surface area contributed by atoms with Gasteiger partial charge in [-0.1, -0.05) is 0 Å². The normalized spacial score (nSPS) is 31.8. The van der Waals surface area contributed by atoms with Crippen LogP contribution in [0.5, 0.6) is 0 Å². The minimum Gasteiger partial charge on any atom is -0.373 e. The van der Waals surface area contributed by atoms with Crippen molar-refractivity contribution < 1.29 is 17.9 Å². The van der Waals surface area contributed by atoms with Crippen LogP contribution in [0.2, 0.25) is 0 Å². The van der Waals surface area contributed by atoms with Crippen LogP contribution in [0, 0.1) is 5.92 Å². The number of hydrogen-bond acceptors (Lipinski definition) is 5. The molecule has 22 heavy (non-hydrogen) atoms. The number of nitrogens with zero attached hydrogens (tertiary/aromatic N) is 1. The lowest BCUT2D eigenvalue weighted by molar-refractivity contribution is -0.0672. The van der Waals surface area contributed by atoms with Crippen LogP contribution in [-0.4, -0.2) is 75.8 Å². The van der Waals surface area contributed by atoms with Gasteiger partial charge in [-0.15, -0.1) is 0 Å². The van der Waals surface area contributed by atoms with Crippen molar-refractivity contribution in [3.05, 3.63) is 0 Å². The van der Waals surface area contributed by atoms with Crippen molar-refractivity contribution >= 4 is 15.9 Å². The monoisotopic (exact) mass is 333 g/mol. The zero-order valence-electron chi connectivity index (χ0n) is 13.4. The summed E-state index contributed by atoms with van der Waals surface area (Å²) in [5, 5.41) is 5.58. The second-order valence-electron chi connectivity index (χ2n) is 6.42. The van der Waals surface area contributed by atoms with Gasteiger partial charge in [-0.2, -0.15) is 0 Å². The first kappa shape index (κ1) is 17.5. The van der Waals surface area contributed by atoms with Gasteiger partial charge >= 0.3 is 6.03 Å². The molecule has 0 saturated carbocycles. The van der Waals surface area contributed by atoms with E-state index in [1.54, 1.807) is 0 Å². The Morgan fingerprint density at radius 2 is 1.91 bits per heavy atom. The Labute approximate surface area is 132 Å². The summed E-state index contributed by atoms with van der Waals surface area (Å²) in [7, 11) is -2.88. The molecule has 0 radical (unpaired) electrons. The van der Waals surface area contributed by atoms with Crippen LogP contribution in [-0.2, 0) is 14.6 Å². The lowest BCUT2D eigenvalue weighted by atomic mass is 10.1. The van der Waals surface area contributed by atoms with Crippen molar-refractivity contribution in [2.24, 2.45) is 5.92 Å². The molecule has 0 aromatic rings. The van der Waals surface area contributed by atoms with Crippen LogP contribution in [0.4, 0.5) is 4.79 Å².